The molecule has 0 aliphatic carbocycles. The Bertz CT molecular complexity index is 575. The first-order valence-electron chi connectivity index (χ1n) is 15.6. The fourth-order valence-electron chi connectivity index (χ4n) is 4.57. The van der Waals surface area contributed by atoms with Crippen LogP contribution in [0.15, 0.2) is 0 Å². The Kier molecular flexibility index (Phi) is 33.0. The van der Waals surface area contributed by atoms with Gasteiger partial charge in [0, 0.05) is 6.42 Å². The standard InChI is InChI=1S/C30H60O5S.Na.H/c1-3-5-7-9-11-13-15-16-17-18-19-20-22-24-26-28-30(31)35-36(32,33)34-29-27-25-23-21-14-12-10-8-6-4-2;;/h3-29H2,1-2H3;;/q;+1;-1. The molecule has 0 saturated heterocycles. The van der Waals surface area contributed by atoms with E-state index < -0.39 is 16.4 Å². The Morgan fingerprint density at radius 2 is 0.811 bits per heavy atom. The van der Waals surface area contributed by atoms with Crippen molar-refractivity contribution in [3.63, 3.8) is 0 Å². The molecule has 0 aromatic rings. The molecule has 37 heavy (non-hydrogen) atoms. The minimum atomic E-state index is -4.21. The third kappa shape index (κ3) is 32.5. The van der Waals surface area contributed by atoms with Gasteiger partial charge in [0.1, 0.15) is 0 Å². The fraction of sp³-hybridized carbons (Fsp3) is 0.967. The molecule has 0 radical (unpaired) electrons. The first kappa shape index (κ1) is 39.5. The fourth-order valence-corrected chi connectivity index (χ4v) is 5.25. The summed E-state index contributed by atoms with van der Waals surface area (Å²) < 4.78 is 33.0. The summed E-state index contributed by atoms with van der Waals surface area (Å²) >= 11 is 0. The van der Waals surface area contributed by atoms with E-state index in [1.54, 1.807) is 0 Å². The van der Waals surface area contributed by atoms with Crippen molar-refractivity contribution < 1.29 is 52.6 Å². The molecule has 7 heteroatoms. The molecule has 0 aromatic carbocycles. The van der Waals surface area contributed by atoms with Crippen LogP contribution in [0.2, 0.25) is 0 Å². The molecule has 0 bridgehead atoms. The van der Waals surface area contributed by atoms with Gasteiger partial charge in [0.15, 0.2) is 0 Å². The van der Waals surface area contributed by atoms with Gasteiger partial charge in [-0.15, -0.1) is 0 Å². The second-order valence-corrected chi connectivity index (χ2v) is 11.8. The summed E-state index contributed by atoms with van der Waals surface area (Å²) in [6.07, 6.45) is 30.6. The van der Waals surface area contributed by atoms with Gasteiger partial charge in [-0.05, 0) is 12.8 Å². The van der Waals surface area contributed by atoms with Crippen molar-refractivity contribution >= 4 is 16.4 Å². The maximum absolute atomic E-state index is 11.8. The van der Waals surface area contributed by atoms with E-state index in [2.05, 4.69) is 18.0 Å². The summed E-state index contributed by atoms with van der Waals surface area (Å²) in [5.74, 6) is -0.701. The maximum Gasteiger partial charge on any atom is 1.00 e. The summed E-state index contributed by atoms with van der Waals surface area (Å²) in [5.41, 5.74) is 0. The van der Waals surface area contributed by atoms with E-state index in [4.69, 9.17) is 4.18 Å². The summed E-state index contributed by atoms with van der Waals surface area (Å²) in [7, 11) is -4.21. The molecule has 5 nitrogen and oxygen atoms in total. The molecule has 0 spiro atoms. The molecular weight excluding hydrogens is 495 g/mol. The molecule has 0 aromatic heterocycles. The first-order valence-corrected chi connectivity index (χ1v) is 17.0. The Hall–Kier alpha value is 0.380. The van der Waals surface area contributed by atoms with Crippen LogP contribution in [0, 0.1) is 0 Å². The van der Waals surface area contributed by atoms with E-state index in [-0.39, 0.29) is 44.0 Å². The van der Waals surface area contributed by atoms with E-state index in [0.29, 0.717) is 12.8 Å². The van der Waals surface area contributed by atoms with Crippen LogP contribution in [0.5, 0.6) is 0 Å². The topological polar surface area (TPSA) is 69.7 Å². The summed E-state index contributed by atoms with van der Waals surface area (Å²) in [5, 5.41) is 0. The van der Waals surface area contributed by atoms with Crippen LogP contribution in [0.25, 0.3) is 0 Å². The quantitative estimate of drug-likeness (QED) is 0.0727. The molecule has 0 unspecified atom stereocenters. The predicted octanol–water partition coefficient (Wildman–Crippen LogP) is 7.09. The minimum Gasteiger partial charge on any atom is -1.00 e. The number of unbranched alkanes of at least 4 members (excludes halogenated alkanes) is 23. The monoisotopic (exact) mass is 556 g/mol. The molecule has 0 saturated carbocycles. The van der Waals surface area contributed by atoms with Crippen molar-refractivity contribution in [1.29, 1.82) is 0 Å². The summed E-state index contributed by atoms with van der Waals surface area (Å²) in [4.78, 5) is 11.8. The van der Waals surface area contributed by atoms with Crippen molar-refractivity contribution in [3.8, 4) is 0 Å². The van der Waals surface area contributed by atoms with E-state index >= 15 is 0 Å². The smallest absolute Gasteiger partial charge is 1.00 e. The number of rotatable bonds is 29. The van der Waals surface area contributed by atoms with Gasteiger partial charge in [0.05, 0.1) is 6.61 Å². The Morgan fingerprint density at radius 3 is 1.16 bits per heavy atom. The van der Waals surface area contributed by atoms with Crippen molar-refractivity contribution in [1.82, 2.24) is 0 Å². The normalized spacial score (nSPS) is 11.4. The molecule has 0 N–H and O–H groups in total. The third-order valence-electron chi connectivity index (χ3n) is 6.91. The molecule has 0 amide bonds. The second kappa shape index (κ2) is 30.9. The maximum atomic E-state index is 11.8. The van der Waals surface area contributed by atoms with E-state index in [0.717, 1.165) is 25.7 Å². The van der Waals surface area contributed by atoms with Gasteiger partial charge in [-0.2, -0.15) is 8.42 Å². The van der Waals surface area contributed by atoms with Crippen LogP contribution in [-0.4, -0.2) is 21.0 Å². The Morgan fingerprint density at radius 1 is 0.514 bits per heavy atom. The first-order chi connectivity index (χ1) is 17.5. The third-order valence-corrected chi connectivity index (χ3v) is 7.75. The van der Waals surface area contributed by atoms with Gasteiger partial charge in [0.25, 0.3) is 0 Å². The minimum absolute atomic E-state index is 0. The number of hydrogen-bond donors (Lipinski definition) is 0. The van der Waals surface area contributed by atoms with E-state index in [9.17, 15) is 13.2 Å². The van der Waals surface area contributed by atoms with Crippen molar-refractivity contribution in [2.24, 2.45) is 0 Å². The molecular formula is C30H61NaO5S. The Balaban J connectivity index is -0.00000612. The van der Waals surface area contributed by atoms with E-state index in [1.807, 2.05) is 0 Å². The van der Waals surface area contributed by atoms with Gasteiger partial charge in [-0.3, -0.25) is 4.79 Å². The van der Waals surface area contributed by atoms with Crippen molar-refractivity contribution in [3.05, 3.63) is 0 Å². The van der Waals surface area contributed by atoms with Crippen LogP contribution in [0.3, 0.4) is 0 Å². The van der Waals surface area contributed by atoms with Gasteiger partial charge in [-0.25, -0.2) is 4.18 Å². The zero-order valence-corrected chi connectivity index (χ0v) is 27.9. The molecule has 0 rings (SSSR count). The second-order valence-electron chi connectivity index (χ2n) is 10.6. The number of carbonyl (C=O) groups is 1. The van der Waals surface area contributed by atoms with E-state index in [1.165, 1.54) is 122 Å². The molecule has 0 aliphatic rings. The zero-order valence-electron chi connectivity index (χ0n) is 26.0. The van der Waals surface area contributed by atoms with Gasteiger partial charge >= 0.3 is 45.9 Å². The largest absolute Gasteiger partial charge is 1.00 e. The Labute approximate surface area is 255 Å². The summed E-state index contributed by atoms with van der Waals surface area (Å²) in [6.45, 7) is 4.58. The average Bonchev–Trinajstić information content (AvgIpc) is 2.84. The van der Waals surface area contributed by atoms with Crippen LogP contribution < -0.4 is 29.6 Å². The van der Waals surface area contributed by atoms with Crippen LogP contribution in [0.1, 0.15) is 182 Å². The van der Waals surface area contributed by atoms with Crippen molar-refractivity contribution in [2.45, 2.75) is 181 Å². The number of carbonyl (C=O) groups excluding carboxylic acids is 1. The van der Waals surface area contributed by atoms with Crippen LogP contribution >= 0.6 is 0 Å². The average molecular weight is 557 g/mol. The molecule has 0 fully saturated rings. The predicted molar refractivity (Wildman–Crippen MR) is 153 cm³/mol. The molecule has 0 heterocycles. The van der Waals surface area contributed by atoms with Crippen LogP contribution in [0.4, 0.5) is 0 Å². The van der Waals surface area contributed by atoms with Crippen LogP contribution in [-0.2, 0) is 23.6 Å². The number of hydrogen-bond acceptors (Lipinski definition) is 5. The van der Waals surface area contributed by atoms with Gasteiger partial charge < -0.3 is 5.61 Å². The molecule has 0 aliphatic heterocycles. The zero-order chi connectivity index (χ0) is 26.6. The molecule has 218 valence electrons. The van der Waals surface area contributed by atoms with Gasteiger partial charge in [-0.1, -0.05) is 162 Å². The SMILES string of the molecule is CCCCCCCCCCCCCCCCCC(=O)OS(=O)(=O)OCCCCCCCCCCCC.[H-].[Na+]. The van der Waals surface area contributed by atoms with Gasteiger partial charge in [0.2, 0.25) is 0 Å². The molecule has 0 atom stereocenters. The van der Waals surface area contributed by atoms with Crippen molar-refractivity contribution in [2.75, 3.05) is 6.61 Å². The summed E-state index contributed by atoms with van der Waals surface area (Å²) in [6, 6.07) is 0.